The monoisotopic (exact) mass is 317 g/mol. The van der Waals surface area contributed by atoms with Gasteiger partial charge in [-0.3, -0.25) is 0 Å². The molecule has 0 atom stereocenters. The minimum Gasteiger partial charge on any atom is -0.504 e. The van der Waals surface area contributed by atoms with Crippen LogP contribution < -0.4 is 10.5 Å². The molecular weight excluding hydrogens is 301 g/mol. The number of phenolic OH excluding ortho intramolecular Hbond substituents is 1. The van der Waals surface area contributed by atoms with Gasteiger partial charge >= 0.3 is 0 Å². The van der Waals surface area contributed by atoms with Crippen LogP contribution in [-0.4, -0.2) is 18.8 Å². The lowest BCUT2D eigenvalue weighted by Gasteiger charge is -2.29. The largest absolute Gasteiger partial charge is 0.504 e. The summed E-state index contributed by atoms with van der Waals surface area (Å²) in [5.41, 5.74) is 6.32. The number of halogens is 2. The Balaban J connectivity index is 2.60. The zero-order valence-electron chi connectivity index (χ0n) is 10.3. The first-order chi connectivity index (χ1) is 8.55. The van der Waals surface area contributed by atoms with Crippen LogP contribution in [0.5, 0.6) is 11.5 Å². The van der Waals surface area contributed by atoms with Gasteiger partial charge in [0.25, 0.3) is 0 Å². The Morgan fingerprint density at radius 1 is 1.50 bits per heavy atom. The predicted octanol–water partition coefficient (Wildman–Crippen LogP) is 3.07. The van der Waals surface area contributed by atoms with Crippen molar-refractivity contribution >= 4 is 15.9 Å². The number of nitrogens with two attached hydrogens (primary N) is 1. The predicted molar refractivity (Wildman–Crippen MR) is 71.5 cm³/mol. The van der Waals surface area contributed by atoms with E-state index in [-0.39, 0.29) is 16.9 Å². The number of benzene rings is 1. The van der Waals surface area contributed by atoms with Crippen LogP contribution >= 0.6 is 15.9 Å². The number of aromatic hydroxyl groups is 1. The summed E-state index contributed by atoms with van der Waals surface area (Å²) in [7, 11) is 1.35. The van der Waals surface area contributed by atoms with Crippen molar-refractivity contribution in [2.75, 3.05) is 13.7 Å². The molecule has 0 heterocycles. The molecule has 5 heteroatoms. The molecule has 0 unspecified atom stereocenters. The maximum absolute atomic E-state index is 13.8. The third-order valence-corrected chi connectivity index (χ3v) is 4.45. The van der Waals surface area contributed by atoms with E-state index in [1.54, 1.807) is 6.07 Å². The molecule has 1 saturated carbocycles. The van der Waals surface area contributed by atoms with Crippen LogP contribution in [0.3, 0.4) is 0 Å². The third kappa shape index (κ3) is 1.99. The van der Waals surface area contributed by atoms with Gasteiger partial charge in [0.05, 0.1) is 11.6 Å². The van der Waals surface area contributed by atoms with Crippen molar-refractivity contribution in [3.05, 3.63) is 21.9 Å². The fraction of sp³-hybridized carbons (Fsp3) is 0.538. The fourth-order valence-electron chi connectivity index (χ4n) is 2.82. The zero-order chi connectivity index (χ0) is 13.3. The van der Waals surface area contributed by atoms with Gasteiger partial charge in [-0.25, -0.2) is 4.39 Å². The molecule has 1 aliphatic carbocycles. The normalized spacial score (nSPS) is 18.0. The van der Waals surface area contributed by atoms with Crippen LogP contribution in [0.25, 0.3) is 0 Å². The average molecular weight is 318 g/mol. The van der Waals surface area contributed by atoms with Gasteiger partial charge in [0.15, 0.2) is 17.3 Å². The summed E-state index contributed by atoms with van der Waals surface area (Å²) < 4.78 is 19.0. The fourth-order valence-corrected chi connectivity index (χ4v) is 3.23. The summed E-state index contributed by atoms with van der Waals surface area (Å²) in [6, 6.07) is 1.63. The second-order valence-corrected chi connectivity index (χ2v) is 5.65. The number of phenols is 1. The Hall–Kier alpha value is -0.810. The molecule has 1 aromatic rings. The van der Waals surface area contributed by atoms with E-state index in [9.17, 15) is 9.50 Å². The first-order valence-electron chi connectivity index (χ1n) is 6.01. The summed E-state index contributed by atoms with van der Waals surface area (Å²) in [6.07, 6.45) is 3.98. The quantitative estimate of drug-likeness (QED) is 0.900. The van der Waals surface area contributed by atoms with Crippen LogP contribution in [-0.2, 0) is 5.41 Å². The van der Waals surface area contributed by atoms with Gasteiger partial charge in [-0.15, -0.1) is 0 Å². The van der Waals surface area contributed by atoms with Crippen LogP contribution in [0.2, 0.25) is 0 Å². The van der Waals surface area contributed by atoms with E-state index in [0.29, 0.717) is 16.6 Å². The van der Waals surface area contributed by atoms with E-state index in [4.69, 9.17) is 10.5 Å². The lowest BCUT2D eigenvalue weighted by Crippen LogP contribution is -2.32. The van der Waals surface area contributed by atoms with Crippen LogP contribution in [0, 0.1) is 5.82 Å². The average Bonchev–Trinajstić information content (AvgIpc) is 2.84. The molecule has 0 saturated heterocycles. The summed E-state index contributed by atoms with van der Waals surface area (Å²) in [6.45, 7) is 0.446. The van der Waals surface area contributed by atoms with Gasteiger partial charge in [-0.2, -0.15) is 0 Å². The summed E-state index contributed by atoms with van der Waals surface area (Å²) in [5.74, 6) is -0.812. The van der Waals surface area contributed by atoms with Crippen LogP contribution in [0.1, 0.15) is 31.2 Å². The van der Waals surface area contributed by atoms with Crippen LogP contribution in [0.15, 0.2) is 10.5 Å². The number of rotatable bonds is 3. The molecule has 0 aromatic heterocycles. The molecule has 1 fully saturated rings. The minimum atomic E-state index is -0.580. The van der Waals surface area contributed by atoms with Crippen molar-refractivity contribution in [3.8, 4) is 11.5 Å². The molecule has 0 aliphatic heterocycles. The van der Waals surface area contributed by atoms with E-state index in [2.05, 4.69) is 15.9 Å². The number of hydrogen-bond acceptors (Lipinski definition) is 3. The second-order valence-electron chi connectivity index (χ2n) is 4.79. The standard InChI is InChI=1S/C13H17BrFNO2/c1-18-12-10(15)9(14)6-8(11(12)17)13(7-16)4-2-3-5-13/h6,17H,2-5,7,16H2,1H3. The molecule has 3 N–H and O–H groups in total. The smallest absolute Gasteiger partial charge is 0.198 e. The van der Waals surface area contributed by atoms with Gasteiger partial charge in [-0.05, 0) is 34.8 Å². The maximum atomic E-state index is 13.8. The minimum absolute atomic E-state index is 0.112. The topological polar surface area (TPSA) is 55.5 Å². The summed E-state index contributed by atoms with van der Waals surface area (Å²) in [5, 5.41) is 10.2. The van der Waals surface area contributed by atoms with Crippen molar-refractivity contribution in [1.82, 2.24) is 0 Å². The Morgan fingerprint density at radius 2 is 2.11 bits per heavy atom. The van der Waals surface area contributed by atoms with Gasteiger partial charge in [-0.1, -0.05) is 12.8 Å². The van der Waals surface area contributed by atoms with Crippen molar-refractivity contribution in [3.63, 3.8) is 0 Å². The Kier molecular flexibility index (Phi) is 3.82. The number of ether oxygens (including phenoxy) is 1. The molecule has 3 nitrogen and oxygen atoms in total. The molecule has 1 aromatic carbocycles. The van der Waals surface area contributed by atoms with Gasteiger partial charge in [0.2, 0.25) is 0 Å². The van der Waals surface area contributed by atoms with Crippen molar-refractivity contribution in [2.24, 2.45) is 5.73 Å². The van der Waals surface area contributed by atoms with E-state index >= 15 is 0 Å². The molecule has 2 rings (SSSR count). The van der Waals surface area contributed by atoms with E-state index in [0.717, 1.165) is 25.7 Å². The molecule has 1 aliphatic rings. The Bertz CT molecular complexity index is 459. The van der Waals surface area contributed by atoms with Gasteiger partial charge in [0, 0.05) is 17.5 Å². The third-order valence-electron chi connectivity index (χ3n) is 3.88. The molecule has 18 heavy (non-hydrogen) atoms. The first-order valence-corrected chi connectivity index (χ1v) is 6.80. The molecule has 0 radical (unpaired) electrons. The van der Waals surface area contributed by atoms with E-state index in [1.807, 2.05) is 0 Å². The van der Waals surface area contributed by atoms with E-state index in [1.165, 1.54) is 7.11 Å². The number of hydrogen-bond donors (Lipinski definition) is 2. The highest BCUT2D eigenvalue weighted by Crippen LogP contribution is 2.48. The lowest BCUT2D eigenvalue weighted by molar-refractivity contribution is 0.335. The highest BCUT2D eigenvalue weighted by Gasteiger charge is 2.38. The highest BCUT2D eigenvalue weighted by atomic mass is 79.9. The first kappa shape index (κ1) is 13.6. The van der Waals surface area contributed by atoms with Crippen molar-refractivity contribution in [1.29, 1.82) is 0 Å². The second kappa shape index (κ2) is 5.05. The highest BCUT2D eigenvalue weighted by molar-refractivity contribution is 9.10. The molecule has 100 valence electrons. The Morgan fingerprint density at radius 3 is 2.61 bits per heavy atom. The van der Waals surface area contributed by atoms with Crippen molar-refractivity contribution in [2.45, 2.75) is 31.1 Å². The van der Waals surface area contributed by atoms with Gasteiger partial charge in [0.1, 0.15) is 0 Å². The molecule has 0 bridgehead atoms. The molecular formula is C13H17BrFNO2. The summed E-state index contributed by atoms with van der Waals surface area (Å²) >= 11 is 3.17. The SMILES string of the molecule is COc1c(O)c(C2(CN)CCCC2)cc(Br)c1F. The lowest BCUT2D eigenvalue weighted by atomic mass is 9.78. The van der Waals surface area contributed by atoms with Crippen molar-refractivity contribution < 1.29 is 14.2 Å². The Labute approximate surface area is 114 Å². The van der Waals surface area contributed by atoms with Gasteiger partial charge < -0.3 is 15.6 Å². The molecule has 0 amide bonds. The number of methoxy groups -OCH3 is 1. The van der Waals surface area contributed by atoms with E-state index < -0.39 is 5.82 Å². The van der Waals surface area contributed by atoms with Crippen LogP contribution in [0.4, 0.5) is 4.39 Å². The molecule has 0 spiro atoms. The zero-order valence-corrected chi connectivity index (χ0v) is 11.9. The maximum Gasteiger partial charge on any atom is 0.198 e. The summed E-state index contributed by atoms with van der Waals surface area (Å²) in [4.78, 5) is 0.